The van der Waals surface area contributed by atoms with E-state index in [0.29, 0.717) is 18.8 Å². The lowest BCUT2D eigenvalue weighted by atomic mass is 9.82. The summed E-state index contributed by atoms with van der Waals surface area (Å²) in [5.74, 6) is -2.48. The third-order valence-corrected chi connectivity index (χ3v) is 5.20. The summed E-state index contributed by atoms with van der Waals surface area (Å²) in [6.45, 7) is 0.449. The highest BCUT2D eigenvalue weighted by molar-refractivity contribution is 5.95. The molecule has 1 aromatic carbocycles. The van der Waals surface area contributed by atoms with Crippen LogP contribution in [0.15, 0.2) is 48.7 Å². The van der Waals surface area contributed by atoms with Gasteiger partial charge in [-0.1, -0.05) is 24.3 Å². The molecule has 0 spiro atoms. The molecule has 4 atom stereocenters. The molecule has 1 amide bonds. The standard InChI is InChI=1S/C19H18FN3O3/c20-14-5-1-11(2-6-14)10-23-8-7-15(22-23)21-18(24)16-12-3-4-13(9-12)17(16)19(25)26/h1-8,12-13,16-17H,9-10H2,(H,25,26)(H,21,22,24)/t12-,13-,16-,17+/m0/s1. The number of halogens is 1. The molecule has 2 bridgehead atoms. The van der Waals surface area contributed by atoms with Crippen molar-refractivity contribution in [2.24, 2.45) is 23.7 Å². The molecular formula is C19H18FN3O3. The molecule has 2 aliphatic carbocycles. The number of allylic oxidation sites excluding steroid dienone is 2. The lowest BCUT2D eigenvalue weighted by molar-refractivity contribution is -0.146. The highest BCUT2D eigenvalue weighted by Crippen LogP contribution is 2.48. The van der Waals surface area contributed by atoms with E-state index < -0.39 is 17.8 Å². The normalized spacial score (nSPS) is 26.2. The number of nitrogens with one attached hydrogen (secondary N) is 1. The predicted molar refractivity (Wildman–Crippen MR) is 91.7 cm³/mol. The maximum atomic E-state index is 13.0. The molecule has 0 radical (unpaired) electrons. The van der Waals surface area contributed by atoms with Gasteiger partial charge < -0.3 is 10.4 Å². The average Bonchev–Trinajstić information content (AvgIpc) is 3.32. The number of amides is 1. The van der Waals surface area contributed by atoms with Crippen molar-refractivity contribution >= 4 is 17.7 Å². The van der Waals surface area contributed by atoms with Gasteiger partial charge in [-0.05, 0) is 36.0 Å². The third kappa shape index (κ3) is 3.00. The molecule has 7 heteroatoms. The summed E-state index contributed by atoms with van der Waals surface area (Å²) in [7, 11) is 0. The number of nitrogens with zero attached hydrogens (tertiary/aromatic N) is 2. The highest BCUT2D eigenvalue weighted by Gasteiger charge is 2.51. The van der Waals surface area contributed by atoms with Crippen molar-refractivity contribution in [2.75, 3.05) is 5.32 Å². The molecule has 1 heterocycles. The number of fused-ring (bicyclic) bond motifs is 2. The van der Waals surface area contributed by atoms with Crippen LogP contribution in [-0.2, 0) is 16.1 Å². The molecule has 0 saturated heterocycles. The number of carbonyl (C=O) groups excluding carboxylic acids is 1. The number of hydrogen-bond acceptors (Lipinski definition) is 3. The van der Waals surface area contributed by atoms with Gasteiger partial charge in [-0.25, -0.2) is 4.39 Å². The van der Waals surface area contributed by atoms with E-state index in [2.05, 4.69) is 10.4 Å². The van der Waals surface area contributed by atoms with Gasteiger partial charge in [0.2, 0.25) is 5.91 Å². The fourth-order valence-electron chi connectivity index (χ4n) is 4.02. The first-order chi connectivity index (χ1) is 12.5. The topological polar surface area (TPSA) is 84.2 Å². The zero-order valence-corrected chi connectivity index (χ0v) is 13.9. The summed E-state index contributed by atoms with van der Waals surface area (Å²) in [5, 5.41) is 16.5. The van der Waals surface area contributed by atoms with Crippen molar-refractivity contribution in [1.82, 2.24) is 9.78 Å². The Labute approximate surface area is 149 Å². The highest BCUT2D eigenvalue weighted by atomic mass is 19.1. The van der Waals surface area contributed by atoms with Crippen LogP contribution in [0.2, 0.25) is 0 Å². The van der Waals surface area contributed by atoms with Gasteiger partial charge in [-0.2, -0.15) is 5.10 Å². The minimum atomic E-state index is -0.927. The Balaban J connectivity index is 1.44. The van der Waals surface area contributed by atoms with E-state index in [0.717, 1.165) is 5.56 Å². The number of anilines is 1. The molecule has 0 aliphatic heterocycles. The van der Waals surface area contributed by atoms with Gasteiger partial charge in [0.15, 0.2) is 5.82 Å². The molecule has 1 aromatic heterocycles. The Morgan fingerprint density at radius 1 is 1.15 bits per heavy atom. The first-order valence-corrected chi connectivity index (χ1v) is 8.51. The molecule has 6 nitrogen and oxygen atoms in total. The minimum Gasteiger partial charge on any atom is -0.481 e. The van der Waals surface area contributed by atoms with Crippen molar-refractivity contribution in [3.05, 3.63) is 60.1 Å². The van der Waals surface area contributed by atoms with Crippen molar-refractivity contribution in [1.29, 1.82) is 0 Å². The van der Waals surface area contributed by atoms with Crippen LogP contribution in [0, 0.1) is 29.5 Å². The Bertz CT molecular complexity index is 874. The molecule has 2 aromatic rings. The van der Waals surface area contributed by atoms with Crippen molar-refractivity contribution < 1.29 is 19.1 Å². The summed E-state index contributed by atoms with van der Waals surface area (Å²) < 4.78 is 14.6. The summed E-state index contributed by atoms with van der Waals surface area (Å²) in [4.78, 5) is 24.2. The van der Waals surface area contributed by atoms with E-state index in [1.54, 1.807) is 29.1 Å². The van der Waals surface area contributed by atoms with Crippen LogP contribution in [0.5, 0.6) is 0 Å². The number of benzene rings is 1. The Morgan fingerprint density at radius 2 is 1.85 bits per heavy atom. The van der Waals surface area contributed by atoms with Gasteiger partial charge in [0.1, 0.15) is 5.82 Å². The number of rotatable bonds is 5. The van der Waals surface area contributed by atoms with Crippen LogP contribution < -0.4 is 5.32 Å². The van der Waals surface area contributed by atoms with Crippen LogP contribution in [-0.4, -0.2) is 26.8 Å². The lowest BCUT2D eigenvalue weighted by Crippen LogP contribution is -2.36. The number of carboxylic acid groups (broad SMARTS) is 1. The van der Waals surface area contributed by atoms with E-state index in [1.807, 2.05) is 12.2 Å². The van der Waals surface area contributed by atoms with E-state index in [4.69, 9.17) is 0 Å². The maximum Gasteiger partial charge on any atom is 0.307 e. The molecule has 134 valence electrons. The van der Waals surface area contributed by atoms with E-state index >= 15 is 0 Å². The van der Waals surface area contributed by atoms with Crippen LogP contribution in [0.1, 0.15) is 12.0 Å². The fourth-order valence-corrected chi connectivity index (χ4v) is 4.02. The van der Waals surface area contributed by atoms with Crippen LogP contribution >= 0.6 is 0 Å². The molecular weight excluding hydrogens is 337 g/mol. The van der Waals surface area contributed by atoms with E-state index in [-0.39, 0.29) is 23.6 Å². The van der Waals surface area contributed by atoms with Gasteiger partial charge in [-0.3, -0.25) is 14.3 Å². The quantitative estimate of drug-likeness (QED) is 0.807. The first kappa shape index (κ1) is 16.5. The third-order valence-electron chi connectivity index (χ3n) is 5.20. The van der Waals surface area contributed by atoms with Gasteiger partial charge in [0, 0.05) is 12.3 Å². The molecule has 4 rings (SSSR count). The Hall–Kier alpha value is -2.96. The fraction of sp³-hybridized carbons (Fsp3) is 0.316. The second kappa shape index (κ2) is 6.40. The van der Waals surface area contributed by atoms with Gasteiger partial charge in [-0.15, -0.1) is 0 Å². The average molecular weight is 355 g/mol. The second-order valence-electron chi connectivity index (χ2n) is 6.85. The smallest absolute Gasteiger partial charge is 0.307 e. The number of carboxylic acids is 1. The number of hydrogen-bond donors (Lipinski definition) is 2. The Morgan fingerprint density at radius 3 is 2.54 bits per heavy atom. The van der Waals surface area contributed by atoms with Gasteiger partial charge >= 0.3 is 5.97 Å². The van der Waals surface area contributed by atoms with Gasteiger partial charge in [0.05, 0.1) is 18.4 Å². The summed E-state index contributed by atoms with van der Waals surface area (Å²) in [5.41, 5.74) is 0.886. The second-order valence-corrected chi connectivity index (χ2v) is 6.85. The number of aromatic nitrogens is 2. The predicted octanol–water partition coefficient (Wildman–Crippen LogP) is 2.53. The van der Waals surface area contributed by atoms with Gasteiger partial charge in [0.25, 0.3) is 0 Å². The Kier molecular flexibility index (Phi) is 4.06. The maximum absolute atomic E-state index is 13.0. The van der Waals surface area contributed by atoms with Crippen LogP contribution in [0.25, 0.3) is 0 Å². The van der Waals surface area contributed by atoms with Crippen molar-refractivity contribution in [3.63, 3.8) is 0 Å². The largest absolute Gasteiger partial charge is 0.481 e. The summed E-state index contributed by atoms with van der Waals surface area (Å²) >= 11 is 0. The molecule has 26 heavy (non-hydrogen) atoms. The zero-order chi connectivity index (χ0) is 18.3. The lowest BCUT2D eigenvalue weighted by Gasteiger charge is -2.23. The molecule has 0 unspecified atom stereocenters. The van der Waals surface area contributed by atoms with Crippen LogP contribution in [0.4, 0.5) is 10.2 Å². The first-order valence-electron chi connectivity index (χ1n) is 8.51. The van der Waals surface area contributed by atoms with Crippen molar-refractivity contribution in [2.45, 2.75) is 13.0 Å². The van der Waals surface area contributed by atoms with E-state index in [9.17, 15) is 19.1 Å². The monoisotopic (exact) mass is 355 g/mol. The van der Waals surface area contributed by atoms with Crippen molar-refractivity contribution in [3.8, 4) is 0 Å². The molecule has 1 saturated carbocycles. The number of aliphatic carboxylic acids is 1. The molecule has 2 N–H and O–H groups in total. The molecule has 2 aliphatic rings. The van der Waals surface area contributed by atoms with Crippen LogP contribution in [0.3, 0.4) is 0 Å². The SMILES string of the molecule is O=C(Nc1ccn(Cc2ccc(F)cc2)n1)[C@@H]1[C@H](C(=O)O)[C@H]2C=C[C@H]1C2. The zero-order valence-electron chi connectivity index (χ0n) is 13.9. The minimum absolute atomic E-state index is 0.0256. The molecule has 1 fully saturated rings. The summed E-state index contributed by atoms with van der Waals surface area (Å²) in [6.07, 6.45) is 6.29. The summed E-state index contributed by atoms with van der Waals surface area (Å²) in [6, 6.07) is 7.79. The van der Waals surface area contributed by atoms with E-state index in [1.165, 1.54) is 12.1 Å². The number of carbonyl (C=O) groups is 2.